The molecule has 0 radical (unpaired) electrons. The molecule has 0 bridgehead atoms. The van der Waals surface area contributed by atoms with Gasteiger partial charge in [0.2, 0.25) is 41.4 Å². The molecule has 31 heteroatoms. The van der Waals surface area contributed by atoms with Crippen molar-refractivity contribution >= 4 is 93.8 Å². The molecule has 9 rings (SSSR count). The number of primary amides is 1. The molecule has 1 aromatic heterocycles. The van der Waals surface area contributed by atoms with Crippen LogP contribution in [0.5, 0.6) is 0 Å². The van der Waals surface area contributed by atoms with Crippen LogP contribution in [0.15, 0.2) is 60.7 Å². The number of thiophene rings is 1. The Morgan fingerprint density at radius 3 is 2.17 bits per heavy atom. The van der Waals surface area contributed by atoms with E-state index in [1.54, 1.807) is 4.90 Å². The lowest BCUT2D eigenvalue weighted by atomic mass is 9.86. The van der Waals surface area contributed by atoms with Crippen LogP contribution in [0.1, 0.15) is 113 Å². The van der Waals surface area contributed by atoms with Crippen molar-refractivity contribution in [1.29, 1.82) is 0 Å². The number of hydrogen-bond acceptors (Lipinski definition) is 15. The van der Waals surface area contributed by atoms with E-state index in [2.05, 4.69) is 26.6 Å². The molecular weight excluding hydrogens is 1230 g/mol. The molecular formula is C59H69F5N11O13PS. The molecule has 4 saturated heterocycles. The Balaban J connectivity index is 0.882. The second kappa shape index (κ2) is 27.0. The Morgan fingerprint density at radius 1 is 0.822 bits per heavy atom. The number of halogens is 5. The van der Waals surface area contributed by atoms with Crippen LogP contribution in [-0.4, -0.2) is 195 Å². The normalized spacial score (nSPS) is 21.1. The van der Waals surface area contributed by atoms with E-state index >= 15 is 4.39 Å². The van der Waals surface area contributed by atoms with Gasteiger partial charge in [-0.1, -0.05) is 51.1 Å². The van der Waals surface area contributed by atoms with Crippen molar-refractivity contribution in [3.8, 4) is 0 Å². The summed E-state index contributed by atoms with van der Waals surface area (Å²) in [7, 11) is -5.95. The molecule has 0 aliphatic carbocycles. The highest BCUT2D eigenvalue weighted by atomic mass is 32.1. The fourth-order valence-electron chi connectivity index (χ4n) is 12.0. The summed E-state index contributed by atoms with van der Waals surface area (Å²) in [6.45, 7) is 6.44. The molecule has 4 fully saturated rings. The molecule has 3 aromatic carbocycles. The number of nitrogens with zero attached hydrogens (tertiary/aromatic N) is 5. The van der Waals surface area contributed by atoms with Gasteiger partial charge in [0, 0.05) is 93.6 Å². The van der Waals surface area contributed by atoms with Crippen LogP contribution in [-0.2, 0) is 55.6 Å². The van der Waals surface area contributed by atoms with Gasteiger partial charge in [0.25, 0.3) is 24.1 Å². The Bertz CT molecular complexity index is 3560. The Labute approximate surface area is 516 Å². The molecule has 90 heavy (non-hydrogen) atoms. The first-order valence-electron chi connectivity index (χ1n) is 29.3. The summed E-state index contributed by atoms with van der Waals surface area (Å²) < 4.78 is 84.2. The van der Waals surface area contributed by atoms with E-state index in [9.17, 15) is 79.9 Å². The van der Waals surface area contributed by atoms with Crippen LogP contribution in [0, 0.1) is 5.82 Å². The highest BCUT2D eigenvalue weighted by molar-refractivity contribution is 7.52. The number of fused-ring (bicyclic) bond motifs is 3. The van der Waals surface area contributed by atoms with Crippen molar-refractivity contribution < 1.29 is 84.2 Å². The fraction of sp³-hybridized carbons (Fsp3) is 0.492. The lowest BCUT2D eigenvalue weighted by molar-refractivity contribution is -0.144. The number of alkyl halides is 4. The SMILES string of the molecule is CC(C)(C)c1ccc(C[C@H](NC(=O)[C@H](CCC(N)=O)NC(=O)[C@@H]2CC[C@@H]3CCN(CC(F)F)C[C@H](NC(=O)c4cc5cc(C(F)(F)P(=O)(O)O)ccc5s4)C(=O)N32)C(=O)N2CCN(CCNc3ccc(F)c4c3C(=O)N(C3CCC(=O)NC3=O)C4=O)CC2)cc1. The molecule has 4 aromatic rings. The second-order valence-electron chi connectivity index (χ2n) is 24.1. The number of carbonyl (C=O) groups is 10. The number of amides is 10. The average Bonchev–Trinajstić information content (AvgIpc) is 1.61. The number of rotatable bonds is 21. The van der Waals surface area contributed by atoms with Gasteiger partial charge < -0.3 is 46.6 Å². The maximum atomic E-state index is 15.1. The van der Waals surface area contributed by atoms with Gasteiger partial charge in [-0.05, 0) is 84.4 Å². The predicted octanol–water partition coefficient (Wildman–Crippen LogP) is 3.13. The van der Waals surface area contributed by atoms with E-state index in [1.807, 2.05) is 49.9 Å². The average molecular weight is 1300 g/mol. The van der Waals surface area contributed by atoms with Gasteiger partial charge in [-0.3, -0.25) is 72.5 Å². The molecule has 6 heterocycles. The molecule has 484 valence electrons. The molecule has 5 aliphatic rings. The van der Waals surface area contributed by atoms with Gasteiger partial charge in [0.15, 0.2) is 0 Å². The zero-order valence-electron chi connectivity index (χ0n) is 49.3. The predicted molar refractivity (Wildman–Crippen MR) is 315 cm³/mol. The number of hydrogen-bond donors (Lipinski definition) is 8. The number of anilines is 1. The third-order valence-corrected chi connectivity index (χ3v) is 19.0. The van der Waals surface area contributed by atoms with Gasteiger partial charge in [-0.15, -0.1) is 11.3 Å². The number of piperazine rings is 1. The third kappa shape index (κ3) is 14.7. The highest BCUT2D eigenvalue weighted by Crippen LogP contribution is 2.59. The minimum Gasteiger partial charge on any atom is -0.383 e. The smallest absolute Gasteiger partial charge is 0.383 e. The topological polar surface area (TPSA) is 331 Å². The monoisotopic (exact) mass is 1300 g/mol. The van der Waals surface area contributed by atoms with E-state index in [0.717, 1.165) is 47.2 Å². The van der Waals surface area contributed by atoms with Gasteiger partial charge in [0.05, 0.1) is 22.5 Å². The third-order valence-electron chi connectivity index (χ3n) is 16.9. The van der Waals surface area contributed by atoms with Crippen LogP contribution >= 0.6 is 18.9 Å². The van der Waals surface area contributed by atoms with E-state index in [1.165, 1.54) is 15.9 Å². The zero-order chi connectivity index (χ0) is 65.3. The van der Waals surface area contributed by atoms with Crippen molar-refractivity contribution in [2.75, 3.05) is 64.2 Å². The summed E-state index contributed by atoms with van der Waals surface area (Å²) in [6.07, 6.45) is -3.49. The van der Waals surface area contributed by atoms with Crippen molar-refractivity contribution in [2.45, 2.75) is 126 Å². The zero-order valence-corrected chi connectivity index (χ0v) is 51.0. The summed E-state index contributed by atoms with van der Waals surface area (Å²) in [6, 6.07) is 6.08. The molecule has 0 spiro atoms. The Kier molecular flexibility index (Phi) is 20.0. The van der Waals surface area contributed by atoms with Crippen LogP contribution in [0.25, 0.3) is 10.1 Å². The van der Waals surface area contributed by atoms with E-state index in [4.69, 9.17) is 5.73 Å². The number of nitrogens with one attached hydrogen (secondary N) is 5. The first-order chi connectivity index (χ1) is 42.4. The van der Waals surface area contributed by atoms with E-state index in [-0.39, 0.29) is 103 Å². The first-order valence-corrected chi connectivity index (χ1v) is 31.7. The molecule has 1 unspecified atom stereocenters. The van der Waals surface area contributed by atoms with Crippen molar-refractivity contribution in [3.05, 3.63) is 99.2 Å². The van der Waals surface area contributed by atoms with E-state index in [0.29, 0.717) is 30.1 Å². The van der Waals surface area contributed by atoms with Crippen LogP contribution in [0.3, 0.4) is 0 Å². The van der Waals surface area contributed by atoms with Crippen molar-refractivity contribution in [3.63, 3.8) is 0 Å². The van der Waals surface area contributed by atoms with E-state index < -0.39 is 151 Å². The van der Waals surface area contributed by atoms with Gasteiger partial charge in [0.1, 0.15) is 36.0 Å². The maximum absolute atomic E-state index is 15.1. The van der Waals surface area contributed by atoms with Crippen LogP contribution in [0.4, 0.5) is 27.6 Å². The second-order valence-corrected chi connectivity index (χ2v) is 26.8. The highest BCUT2D eigenvalue weighted by Gasteiger charge is 2.51. The number of imide groups is 2. The van der Waals surface area contributed by atoms with Crippen molar-refractivity contribution in [2.24, 2.45) is 5.73 Å². The van der Waals surface area contributed by atoms with Crippen LogP contribution in [0.2, 0.25) is 0 Å². The first kappa shape index (κ1) is 66.7. The summed E-state index contributed by atoms with van der Waals surface area (Å²) >= 11 is 0.797. The summed E-state index contributed by atoms with van der Waals surface area (Å²) in [5.41, 5.74) is 0.833. The standard InChI is InChI=1S/C59H69F5N11O13PS/c1-58(2,3)33-6-4-31(5-7-33)26-39(54(82)73-24-22-71(23-25-73)21-19-66-37-11-10-36(60)48-49(37)57(85)75(56(48)84)42-14-17-47(77)70-52(42)80)68-50(78)38(12-16-46(65)76)67-51(79)41-13-9-35-18-20-72(30-45(61)62)29-40(55(83)74(35)41)69-53(81)44-28-32-27-34(8-15-43(32)90-44)59(63,64)89(86,87)88/h4-8,10-11,15,27-28,35,38-42,45,66H,9,12-14,16-26,29-30H2,1-3H3,(H2,65,76)(H,67,79)(H,68,78)(H,69,81)(H,70,77,80)(H2,86,87,88)/t35-,38+,39+,40+,41+,42?/m1/s1. The van der Waals surface area contributed by atoms with Gasteiger partial charge >= 0.3 is 13.3 Å². The fourth-order valence-corrected chi connectivity index (χ4v) is 13.5. The Hall–Kier alpha value is -7.76. The number of nitrogens with two attached hydrogens (primary N) is 1. The Morgan fingerprint density at radius 2 is 1.51 bits per heavy atom. The molecule has 10 amide bonds. The van der Waals surface area contributed by atoms with Crippen LogP contribution < -0.4 is 32.3 Å². The van der Waals surface area contributed by atoms with Crippen molar-refractivity contribution in [1.82, 2.24) is 45.8 Å². The molecule has 24 nitrogen and oxygen atoms in total. The molecule has 0 saturated carbocycles. The quantitative estimate of drug-likeness (QED) is 0.0338. The summed E-state index contributed by atoms with van der Waals surface area (Å²) in [5.74, 6) is -9.02. The number of carbonyl (C=O) groups excluding carboxylic acids is 10. The summed E-state index contributed by atoms with van der Waals surface area (Å²) in [4.78, 5) is 162. The largest absolute Gasteiger partial charge is 0.399 e. The molecule has 6 atom stereocenters. The van der Waals surface area contributed by atoms with Gasteiger partial charge in [-0.25, -0.2) is 13.2 Å². The lowest BCUT2D eigenvalue weighted by Gasteiger charge is -2.39. The number of piperidine rings is 1. The molecule has 5 aliphatic heterocycles. The summed E-state index contributed by atoms with van der Waals surface area (Å²) in [5, 5.41) is 13.3. The van der Waals surface area contributed by atoms with Gasteiger partial charge in [-0.2, -0.15) is 8.78 Å². The minimum absolute atomic E-state index is 0.00543. The lowest BCUT2D eigenvalue weighted by Crippen LogP contribution is -2.62. The number of benzene rings is 3. The maximum Gasteiger partial charge on any atom is 0.399 e. The molecule has 9 N–H and O–H groups in total. The minimum atomic E-state index is -5.95.